The Hall–Kier alpha value is -1.85. The highest BCUT2D eigenvalue weighted by atomic mass is 16.4. The first-order chi connectivity index (χ1) is 10.1. The summed E-state index contributed by atoms with van der Waals surface area (Å²) < 4.78 is 0. The number of carbonyl (C=O) groups is 3. The van der Waals surface area contributed by atoms with Crippen molar-refractivity contribution in [3.63, 3.8) is 0 Å². The van der Waals surface area contributed by atoms with Crippen LogP contribution in [0.4, 0.5) is 0 Å². The van der Waals surface area contributed by atoms with Gasteiger partial charge >= 0.3 is 11.9 Å². The first kappa shape index (κ1) is 20.1. The molecule has 0 saturated carbocycles. The van der Waals surface area contributed by atoms with Crippen LogP contribution in [0.25, 0.3) is 0 Å². The quantitative estimate of drug-likeness (QED) is 0.636. The molecule has 0 saturated heterocycles. The molecule has 22 heavy (non-hydrogen) atoms. The second kappa shape index (κ2) is 9.23. The van der Waals surface area contributed by atoms with Gasteiger partial charge in [-0.1, -0.05) is 46.8 Å². The molecule has 0 radical (unpaired) electrons. The molecular weight excluding hydrogens is 286 g/mol. The van der Waals surface area contributed by atoms with E-state index in [1.54, 1.807) is 6.92 Å². The number of aliphatic carboxylic acids is 2. The highest BCUT2D eigenvalue weighted by molar-refractivity contribution is 5.86. The van der Waals surface area contributed by atoms with E-state index in [1.165, 1.54) is 0 Å². The van der Waals surface area contributed by atoms with E-state index in [1.807, 2.05) is 19.1 Å². The lowest BCUT2D eigenvalue weighted by molar-refractivity contribution is -0.151. The second-order valence-electron chi connectivity index (χ2n) is 6.12. The summed E-state index contributed by atoms with van der Waals surface area (Å²) in [5.41, 5.74) is 0. The summed E-state index contributed by atoms with van der Waals surface area (Å²) in [4.78, 5) is 34.7. The van der Waals surface area contributed by atoms with Gasteiger partial charge in [-0.2, -0.15) is 0 Å². The molecule has 2 N–H and O–H groups in total. The van der Waals surface area contributed by atoms with Crippen molar-refractivity contribution in [1.29, 1.82) is 0 Å². The zero-order chi connectivity index (χ0) is 17.4. The van der Waals surface area contributed by atoms with Gasteiger partial charge in [0.25, 0.3) is 0 Å². The van der Waals surface area contributed by atoms with Crippen LogP contribution in [0.15, 0.2) is 12.2 Å². The van der Waals surface area contributed by atoms with Gasteiger partial charge in [0.1, 0.15) is 13.1 Å². The average molecular weight is 313 g/mol. The van der Waals surface area contributed by atoms with Gasteiger partial charge in [0.05, 0.1) is 0 Å². The first-order valence-electron chi connectivity index (χ1n) is 7.46. The Bertz CT molecular complexity index is 414. The third kappa shape index (κ3) is 7.24. The van der Waals surface area contributed by atoms with Gasteiger partial charge in [-0.3, -0.25) is 14.4 Å². The summed E-state index contributed by atoms with van der Waals surface area (Å²) in [6.45, 7) is 8.65. The molecular formula is C16H27NO5. The molecule has 1 amide bonds. The molecule has 0 spiro atoms. The molecule has 0 aliphatic rings. The van der Waals surface area contributed by atoms with Crippen LogP contribution in [-0.2, 0) is 14.4 Å². The predicted molar refractivity (Wildman–Crippen MR) is 83.3 cm³/mol. The lowest BCUT2D eigenvalue weighted by Crippen LogP contribution is -2.43. The number of allylic oxidation sites excluding steroid dienone is 2. The third-order valence-corrected chi connectivity index (χ3v) is 3.91. The minimum atomic E-state index is -1.22. The van der Waals surface area contributed by atoms with Crippen molar-refractivity contribution in [1.82, 2.24) is 4.90 Å². The molecule has 0 aromatic heterocycles. The SMILES string of the molecule is CC(C)C(C)/C=C\C(C)C(C)C(=O)N(CC(=O)O)CC(=O)O. The number of carboxylic acid groups (broad SMARTS) is 2. The molecule has 126 valence electrons. The van der Waals surface area contributed by atoms with Crippen LogP contribution in [0.1, 0.15) is 34.6 Å². The summed E-state index contributed by atoms with van der Waals surface area (Å²) in [6.07, 6.45) is 3.98. The monoisotopic (exact) mass is 313 g/mol. The van der Waals surface area contributed by atoms with Crippen molar-refractivity contribution in [2.45, 2.75) is 34.6 Å². The highest BCUT2D eigenvalue weighted by Gasteiger charge is 2.27. The lowest BCUT2D eigenvalue weighted by Gasteiger charge is -2.25. The van der Waals surface area contributed by atoms with Crippen molar-refractivity contribution in [3.8, 4) is 0 Å². The van der Waals surface area contributed by atoms with Crippen molar-refractivity contribution < 1.29 is 24.6 Å². The molecule has 3 unspecified atom stereocenters. The van der Waals surface area contributed by atoms with Gasteiger partial charge in [-0.25, -0.2) is 0 Å². The van der Waals surface area contributed by atoms with Crippen LogP contribution in [0.5, 0.6) is 0 Å². The molecule has 0 aromatic carbocycles. The fourth-order valence-electron chi connectivity index (χ4n) is 1.79. The van der Waals surface area contributed by atoms with E-state index in [0.29, 0.717) is 11.8 Å². The molecule has 0 aliphatic carbocycles. The number of hydrogen-bond acceptors (Lipinski definition) is 3. The molecule has 0 fully saturated rings. The molecule has 0 heterocycles. The van der Waals surface area contributed by atoms with Crippen LogP contribution in [0.2, 0.25) is 0 Å². The summed E-state index contributed by atoms with van der Waals surface area (Å²) in [5.74, 6) is -2.62. The van der Waals surface area contributed by atoms with E-state index in [-0.39, 0.29) is 5.92 Å². The van der Waals surface area contributed by atoms with Crippen LogP contribution >= 0.6 is 0 Å². The Balaban J connectivity index is 4.90. The largest absolute Gasteiger partial charge is 0.480 e. The van der Waals surface area contributed by atoms with Gasteiger partial charge in [0, 0.05) is 5.92 Å². The smallest absolute Gasteiger partial charge is 0.323 e. The standard InChI is InChI=1S/C16H27NO5/c1-10(2)11(3)6-7-12(4)13(5)16(22)17(8-14(18)19)9-15(20)21/h6-7,10-13H,8-9H2,1-5H3,(H,18,19)(H,20,21)/b7-6-. The third-order valence-electron chi connectivity index (χ3n) is 3.91. The first-order valence-corrected chi connectivity index (χ1v) is 7.46. The number of carbonyl (C=O) groups excluding carboxylic acids is 1. The maximum Gasteiger partial charge on any atom is 0.323 e. The van der Waals surface area contributed by atoms with E-state index in [0.717, 1.165) is 4.90 Å². The molecule has 0 aromatic rings. The van der Waals surface area contributed by atoms with Crippen LogP contribution in [0, 0.1) is 23.7 Å². The van der Waals surface area contributed by atoms with E-state index >= 15 is 0 Å². The number of rotatable bonds is 9. The van der Waals surface area contributed by atoms with Crippen molar-refractivity contribution in [3.05, 3.63) is 12.2 Å². The number of hydrogen-bond donors (Lipinski definition) is 2. The predicted octanol–water partition coefficient (Wildman–Crippen LogP) is 2.10. The van der Waals surface area contributed by atoms with Crippen molar-refractivity contribution in [2.75, 3.05) is 13.1 Å². The Morgan fingerprint density at radius 3 is 1.64 bits per heavy atom. The van der Waals surface area contributed by atoms with Gasteiger partial charge < -0.3 is 15.1 Å². The normalized spacial score (nSPS) is 15.5. The van der Waals surface area contributed by atoms with E-state index in [2.05, 4.69) is 20.8 Å². The topological polar surface area (TPSA) is 94.9 Å². The number of amides is 1. The molecule has 3 atom stereocenters. The second-order valence-corrected chi connectivity index (χ2v) is 6.12. The van der Waals surface area contributed by atoms with Crippen molar-refractivity contribution in [2.24, 2.45) is 23.7 Å². The zero-order valence-electron chi connectivity index (χ0n) is 13.9. The van der Waals surface area contributed by atoms with Crippen LogP contribution in [0.3, 0.4) is 0 Å². The van der Waals surface area contributed by atoms with Gasteiger partial charge in [0.2, 0.25) is 5.91 Å². The molecule has 0 aliphatic heterocycles. The van der Waals surface area contributed by atoms with Crippen LogP contribution in [-0.4, -0.2) is 46.0 Å². The maximum absolute atomic E-state index is 12.3. The summed E-state index contributed by atoms with van der Waals surface area (Å²) in [6, 6.07) is 0. The average Bonchev–Trinajstić information content (AvgIpc) is 2.40. The fraction of sp³-hybridized carbons (Fsp3) is 0.688. The number of nitrogens with zero attached hydrogens (tertiary/aromatic N) is 1. The van der Waals surface area contributed by atoms with Crippen LogP contribution < -0.4 is 0 Å². The Morgan fingerprint density at radius 2 is 1.27 bits per heavy atom. The minimum Gasteiger partial charge on any atom is -0.480 e. The van der Waals surface area contributed by atoms with E-state index in [4.69, 9.17) is 10.2 Å². The van der Waals surface area contributed by atoms with E-state index in [9.17, 15) is 14.4 Å². The van der Waals surface area contributed by atoms with Gasteiger partial charge in [0.15, 0.2) is 0 Å². The summed E-state index contributed by atoms with van der Waals surface area (Å²) >= 11 is 0. The molecule has 0 bridgehead atoms. The van der Waals surface area contributed by atoms with Gasteiger partial charge in [-0.05, 0) is 17.8 Å². The molecule has 0 rings (SSSR count). The van der Waals surface area contributed by atoms with E-state index < -0.39 is 36.9 Å². The maximum atomic E-state index is 12.3. The molecule has 6 nitrogen and oxygen atoms in total. The van der Waals surface area contributed by atoms with Crippen molar-refractivity contribution >= 4 is 17.8 Å². The number of carboxylic acids is 2. The zero-order valence-corrected chi connectivity index (χ0v) is 13.9. The Labute approximate surface area is 131 Å². The summed E-state index contributed by atoms with van der Waals surface area (Å²) in [5, 5.41) is 17.6. The lowest BCUT2D eigenvalue weighted by atomic mass is 9.90. The molecule has 6 heteroatoms. The minimum absolute atomic E-state index is 0.0983. The Morgan fingerprint density at radius 1 is 0.864 bits per heavy atom. The summed E-state index contributed by atoms with van der Waals surface area (Å²) in [7, 11) is 0. The highest BCUT2D eigenvalue weighted by Crippen LogP contribution is 2.19. The Kier molecular flexibility index (Phi) is 8.45. The fourth-order valence-corrected chi connectivity index (χ4v) is 1.79. The van der Waals surface area contributed by atoms with Gasteiger partial charge in [-0.15, -0.1) is 0 Å².